The Morgan fingerprint density at radius 1 is 1.10 bits per heavy atom. The van der Waals surface area contributed by atoms with E-state index in [0.717, 1.165) is 42.8 Å². The van der Waals surface area contributed by atoms with E-state index in [9.17, 15) is 0 Å². The van der Waals surface area contributed by atoms with Crippen molar-refractivity contribution in [3.8, 4) is 0 Å². The molecule has 3 rings (SSSR count). The highest BCUT2D eigenvalue weighted by molar-refractivity contribution is 6.30. The number of aryl methyl sites for hydroxylation is 1. The summed E-state index contributed by atoms with van der Waals surface area (Å²) in [7, 11) is 1.73. The van der Waals surface area contributed by atoms with Gasteiger partial charge in [-0.05, 0) is 25.7 Å². The van der Waals surface area contributed by atoms with Gasteiger partial charge in [-0.3, -0.25) is 0 Å². The summed E-state index contributed by atoms with van der Waals surface area (Å²) in [4.78, 5) is 9.39. The van der Waals surface area contributed by atoms with Gasteiger partial charge in [0.25, 0.3) is 0 Å². The number of rotatable bonds is 2. The highest BCUT2D eigenvalue weighted by Gasteiger charge is 2.38. The lowest BCUT2D eigenvalue weighted by Gasteiger charge is -2.34. The molecule has 110 valence electrons. The van der Waals surface area contributed by atoms with Crippen LogP contribution in [0.2, 0.25) is 5.15 Å². The van der Waals surface area contributed by atoms with Gasteiger partial charge in [0.15, 0.2) is 5.82 Å². The molecule has 1 saturated heterocycles. The molecule has 1 aromatic rings. The molecule has 2 aliphatic rings. The zero-order chi connectivity index (χ0) is 14.0. The molecule has 5 heteroatoms. The van der Waals surface area contributed by atoms with Crippen LogP contribution >= 0.6 is 11.6 Å². The molecule has 0 amide bonds. The first kappa shape index (κ1) is 14.2. The monoisotopic (exact) mass is 296 g/mol. The molecule has 0 radical (unpaired) electrons. The van der Waals surface area contributed by atoms with Crippen molar-refractivity contribution in [1.29, 1.82) is 0 Å². The zero-order valence-corrected chi connectivity index (χ0v) is 12.7. The minimum Gasteiger partial charge on any atom is -0.381 e. The minimum absolute atomic E-state index is 0.427. The number of hydrogen-bond acceptors (Lipinski definition) is 4. The highest BCUT2D eigenvalue weighted by Crippen LogP contribution is 2.35. The van der Waals surface area contributed by atoms with Crippen molar-refractivity contribution in [2.75, 3.05) is 20.3 Å². The second-order valence-electron chi connectivity index (χ2n) is 5.63. The van der Waals surface area contributed by atoms with Crippen molar-refractivity contribution in [1.82, 2.24) is 9.97 Å². The summed E-state index contributed by atoms with van der Waals surface area (Å²) < 4.78 is 11.2. The van der Waals surface area contributed by atoms with E-state index in [1.165, 1.54) is 19.3 Å². The number of hydrogen-bond donors (Lipinski definition) is 0. The number of fused-ring (bicyclic) bond motifs is 1. The Labute approximate surface area is 124 Å². The standard InChI is InChI=1S/C15H21ClN2O2/c1-19-15(7-9-20-10-8-15)14-17-12-6-4-2-3-5-11(12)13(16)18-14/h2-10H2,1H3. The van der Waals surface area contributed by atoms with Crippen LogP contribution in [0.1, 0.15) is 49.2 Å². The van der Waals surface area contributed by atoms with Gasteiger partial charge in [-0.25, -0.2) is 9.97 Å². The summed E-state index contributed by atoms with van der Waals surface area (Å²) in [6.45, 7) is 1.37. The van der Waals surface area contributed by atoms with Gasteiger partial charge in [0.1, 0.15) is 10.8 Å². The Kier molecular flexibility index (Phi) is 4.24. The van der Waals surface area contributed by atoms with Crippen molar-refractivity contribution in [2.45, 2.75) is 50.5 Å². The first-order valence-corrected chi connectivity index (χ1v) is 7.82. The molecule has 1 fully saturated rings. The fourth-order valence-electron chi connectivity index (χ4n) is 3.15. The molecule has 0 aromatic carbocycles. The van der Waals surface area contributed by atoms with Crippen LogP contribution in [0.5, 0.6) is 0 Å². The summed E-state index contributed by atoms with van der Waals surface area (Å²) in [6, 6.07) is 0. The van der Waals surface area contributed by atoms with E-state index in [-0.39, 0.29) is 0 Å². The average Bonchev–Trinajstić information content (AvgIpc) is 2.73. The van der Waals surface area contributed by atoms with E-state index in [4.69, 9.17) is 26.1 Å². The van der Waals surface area contributed by atoms with E-state index < -0.39 is 5.60 Å². The van der Waals surface area contributed by atoms with Gasteiger partial charge in [-0.2, -0.15) is 0 Å². The second-order valence-corrected chi connectivity index (χ2v) is 5.99. The second kappa shape index (κ2) is 5.96. The molecular formula is C15H21ClN2O2. The summed E-state index contributed by atoms with van der Waals surface area (Å²) in [5.41, 5.74) is 1.84. The molecule has 0 bridgehead atoms. The number of halogens is 1. The van der Waals surface area contributed by atoms with Gasteiger partial charge >= 0.3 is 0 Å². The fourth-order valence-corrected chi connectivity index (χ4v) is 3.43. The highest BCUT2D eigenvalue weighted by atomic mass is 35.5. The lowest BCUT2D eigenvalue weighted by atomic mass is 9.92. The fraction of sp³-hybridized carbons (Fsp3) is 0.733. The number of aromatic nitrogens is 2. The Morgan fingerprint density at radius 3 is 2.60 bits per heavy atom. The Morgan fingerprint density at radius 2 is 1.85 bits per heavy atom. The van der Waals surface area contributed by atoms with Crippen LogP contribution in [0.25, 0.3) is 0 Å². The van der Waals surface area contributed by atoms with Gasteiger partial charge in [-0.15, -0.1) is 0 Å². The predicted molar refractivity (Wildman–Crippen MR) is 77.0 cm³/mol. The van der Waals surface area contributed by atoms with E-state index in [1.54, 1.807) is 7.11 Å². The van der Waals surface area contributed by atoms with Crippen molar-refractivity contribution in [3.05, 3.63) is 22.2 Å². The van der Waals surface area contributed by atoms with Crippen LogP contribution in [0.15, 0.2) is 0 Å². The summed E-state index contributed by atoms with van der Waals surface area (Å²) in [6.07, 6.45) is 7.18. The van der Waals surface area contributed by atoms with Gasteiger partial charge < -0.3 is 9.47 Å². The molecule has 0 atom stereocenters. The molecule has 1 aliphatic carbocycles. The van der Waals surface area contributed by atoms with Crippen LogP contribution in [-0.4, -0.2) is 30.3 Å². The largest absolute Gasteiger partial charge is 0.381 e. The van der Waals surface area contributed by atoms with Crippen LogP contribution in [-0.2, 0) is 27.9 Å². The van der Waals surface area contributed by atoms with Crippen molar-refractivity contribution >= 4 is 11.6 Å². The first-order valence-electron chi connectivity index (χ1n) is 7.44. The van der Waals surface area contributed by atoms with Gasteiger partial charge in [0, 0.05) is 44.4 Å². The van der Waals surface area contributed by atoms with Crippen molar-refractivity contribution in [3.63, 3.8) is 0 Å². The zero-order valence-electron chi connectivity index (χ0n) is 12.0. The minimum atomic E-state index is -0.427. The Hall–Kier alpha value is -0.710. The van der Waals surface area contributed by atoms with E-state index >= 15 is 0 Å². The molecule has 0 saturated carbocycles. The SMILES string of the molecule is COC1(c2nc(Cl)c3c(n2)CCCCC3)CCOCC1. The molecule has 4 nitrogen and oxygen atoms in total. The lowest BCUT2D eigenvalue weighted by molar-refractivity contribution is -0.100. The molecule has 0 N–H and O–H groups in total. The topological polar surface area (TPSA) is 44.2 Å². The van der Waals surface area contributed by atoms with E-state index in [0.29, 0.717) is 18.4 Å². The molecule has 0 spiro atoms. The van der Waals surface area contributed by atoms with Gasteiger partial charge in [0.2, 0.25) is 0 Å². The molecule has 2 heterocycles. The molecule has 0 unspecified atom stereocenters. The number of methoxy groups -OCH3 is 1. The lowest BCUT2D eigenvalue weighted by Crippen LogP contribution is -2.37. The van der Waals surface area contributed by atoms with Gasteiger partial charge in [0.05, 0.1) is 0 Å². The van der Waals surface area contributed by atoms with Gasteiger partial charge in [-0.1, -0.05) is 18.0 Å². The van der Waals surface area contributed by atoms with E-state index in [2.05, 4.69) is 4.98 Å². The molecule has 1 aromatic heterocycles. The van der Waals surface area contributed by atoms with Crippen molar-refractivity contribution < 1.29 is 9.47 Å². The average molecular weight is 297 g/mol. The van der Waals surface area contributed by atoms with Crippen molar-refractivity contribution in [2.24, 2.45) is 0 Å². The summed E-state index contributed by atoms with van der Waals surface area (Å²) in [5, 5.41) is 0.620. The maximum atomic E-state index is 6.42. The van der Waals surface area contributed by atoms with E-state index in [1.807, 2.05) is 0 Å². The smallest absolute Gasteiger partial charge is 0.162 e. The maximum Gasteiger partial charge on any atom is 0.162 e. The van der Waals surface area contributed by atoms with Crippen LogP contribution in [0.4, 0.5) is 0 Å². The van der Waals surface area contributed by atoms with Crippen LogP contribution in [0, 0.1) is 0 Å². The third-order valence-corrected chi connectivity index (χ3v) is 4.79. The van der Waals surface area contributed by atoms with Crippen LogP contribution in [0.3, 0.4) is 0 Å². The molecule has 20 heavy (non-hydrogen) atoms. The number of ether oxygens (including phenoxy) is 2. The molecule has 1 aliphatic heterocycles. The third-order valence-electron chi connectivity index (χ3n) is 4.48. The quantitative estimate of drug-likeness (QED) is 0.621. The molecular weight excluding hydrogens is 276 g/mol. The first-order chi connectivity index (χ1) is 9.75. The predicted octanol–water partition coefficient (Wildman–Crippen LogP) is 3.05. The maximum absolute atomic E-state index is 6.42. The normalized spacial score (nSPS) is 22.1. The third kappa shape index (κ3) is 2.57. The Bertz CT molecular complexity index is 487. The number of nitrogens with zero attached hydrogens (tertiary/aromatic N) is 2. The summed E-state index contributed by atoms with van der Waals surface area (Å²) in [5.74, 6) is 0.744. The van der Waals surface area contributed by atoms with Crippen LogP contribution < -0.4 is 0 Å². The Balaban J connectivity index is 2.01. The summed E-state index contributed by atoms with van der Waals surface area (Å²) >= 11 is 6.42.